The van der Waals surface area contributed by atoms with Gasteiger partial charge in [-0.15, -0.1) is 10.2 Å². The normalized spacial score (nSPS) is 10.3. The van der Waals surface area contributed by atoms with E-state index in [9.17, 15) is 4.79 Å². The van der Waals surface area contributed by atoms with Gasteiger partial charge in [-0.1, -0.05) is 23.9 Å². The molecule has 0 atom stereocenters. The molecule has 0 radical (unpaired) electrons. The summed E-state index contributed by atoms with van der Waals surface area (Å²) in [5.41, 5.74) is 0. The molecule has 22 heavy (non-hydrogen) atoms. The lowest BCUT2D eigenvalue weighted by Gasteiger charge is -2.08. The van der Waals surface area contributed by atoms with E-state index >= 15 is 0 Å². The quantitative estimate of drug-likeness (QED) is 0.719. The van der Waals surface area contributed by atoms with Gasteiger partial charge in [0.15, 0.2) is 18.1 Å². The topological polar surface area (TPSA) is 77.7 Å². The van der Waals surface area contributed by atoms with E-state index in [4.69, 9.17) is 13.9 Å². The Bertz CT molecular complexity index is 630. The SMILES string of the molecule is COc1ccccc1OCc1nnc(SCC(=O)N(C)C)o1. The van der Waals surface area contributed by atoms with Crippen molar-refractivity contribution in [1.29, 1.82) is 0 Å². The van der Waals surface area contributed by atoms with E-state index in [0.29, 0.717) is 22.6 Å². The van der Waals surface area contributed by atoms with E-state index in [1.165, 1.54) is 16.7 Å². The molecule has 2 aromatic rings. The molecule has 8 heteroatoms. The number of amides is 1. The molecule has 0 fully saturated rings. The Morgan fingerprint density at radius 2 is 2.00 bits per heavy atom. The number of carbonyl (C=O) groups excluding carboxylic acids is 1. The molecular formula is C14H17N3O4S. The Morgan fingerprint density at radius 1 is 1.27 bits per heavy atom. The third kappa shape index (κ3) is 4.39. The number of thioether (sulfide) groups is 1. The molecule has 0 spiro atoms. The molecule has 0 saturated heterocycles. The van der Waals surface area contributed by atoms with Crippen LogP contribution in [-0.4, -0.2) is 48.0 Å². The van der Waals surface area contributed by atoms with Crippen LogP contribution in [0.1, 0.15) is 5.89 Å². The molecule has 1 heterocycles. The summed E-state index contributed by atoms with van der Waals surface area (Å²) in [4.78, 5) is 13.0. The van der Waals surface area contributed by atoms with Gasteiger partial charge in [0.2, 0.25) is 5.91 Å². The fourth-order valence-corrected chi connectivity index (χ4v) is 2.24. The second-order valence-electron chi connectivity index (χ2n) is 4.48. The number of ether oxygens (including phenoxy) is 2. The first-order valence-electron chi connectivity index (χ1n) is 6.51. The largest absolute Gasteiger partial charge is 0.493 e. The highest BCUT2D eigenvalue weighted by atomic mass is 32.2. The summed E-state index contributed by atoms with van der Waals surface area (Å²) in [6, 6.07) is 7.30. The minimum Gasteiger partial charge on any atom is -0.493 e. The standard InChI is InChI=1S/C14H17N3O4S/c1-17(2)13(18)9-22-14-16-15-12(21-14)8-20-11-7-5-4-6-10(11)19-3/h4-7H,8-9H2,1-3H3. The zero-order valence-electron chi connectivity index (χ0n) is 12.6. The Balaban J connectivity index is 1.88. The van der Waals surface area contributed by atoms with Crippen LogP contribution in [0.15, 0.2) is 33.9 Å². The summed E-state index contributed by atoms with van der Waals surface area (Å²) in [7, 11) is 4.97. The van der Waals surface area contributed by atoms with E-state index < -0.39 is 0 Å². The van der Waals surface area contributed by atoms with Crippen LogP contribution in [0.3, 0.4) is 0 Å². The van der Waals surface area contributed by atoms with Crippen molar-refractivity contribution >= 4 is 17.7 Å². The summed E-state index contributed by atoms with van der Waals surface area (Å²) in [6.45, 7) is 0.134. The smallest absolute Gasteiger partial charge is 0.277 e. The lowest BCUT2D eigenvalue weighted by Crippen LogP contribution is -2.23. The maximum atomic E-state index is 11.5. The van der Waals surface area contributed by atoms with E-state index in [-0.39, 0.29) is 18.3 Å². The maximum absolute atomic E-state index is 11.5. The van der Waals surface area contributed by atoms with Crippen LogP contribution in [-0.2, 0) is 11.4 Å². The van der Waals surface area contributed by atoms with Crippen molar-refractivity contribution in [3.05, 3.63) is 30.2 Å². The fraction of sp³-hybridized carbons (Fsp3) is 0.357. The highest BCUT2D eigenvalue weighted by Gasteiger charge is 2.12. The van der Waals surface area contributed by atoms with Crippen molar-refractivity contribution in [3.63, 3.8) is 0 Å². The predicted molar refractivity (Wildman–Crippen MR) is 81.0 cm³/mol. The van der Waals surface area contributed by atoms with Gasteiger partial charge in [0, 0.05) is 14.1 Å². The second kappa shape index (κ2) is 7.69. The van der Waals surface area contributed by atoms with E-state index in [2.05, 4.69) is 10.2 Å². The number of benzene rings is 1. The van der Waals surface area contributed by atoms with Crippen molar-refractivity contribution < 1.29 is 18.7 Å². The van der Waals surface area contributed by atoms with Crippen LogP contribution in [0.25, 0.3) is 0 Å². The average Bonchev–Trinajstić information content (AvgIpc) is 2.98. The highest BCUT2D eigenvalue weighted by molar-refractivity contribution is 7.99. The molecule has 1 amide bonds. The van der Waals surface area contributed by atoms with Gasteiger partial charge in [0.1, 0.15) is 0 Å². The van der Waals surface area contributed by atoms with Crippen LogP contribution < -0.4 is 9.47 Å². The molecule has 0 saturated carbocycles. The summed E-state index contributed by atoms with van der Waals surface area (Å²) >= 11 is 1.20. The first kappa shape index (κ1) is 16.2. The van der Waals surface area contributed by atoms with Crippen molar-refractivity contribution in [2.24, 2.45) is 0 Å². The minimum absolute atomic E-state index is 0.0185. The molecule has 0 aliphatic heterocycles. The average molecular weight is 323 g/mol. The molecular weight excluding hydrogens is 306 g/mol. The molecule has 118 valence electrons. The molecule has 0 bridgehead atoms. The van der Waals surface area contributed by atoms with Gasteiger partial charge in [-0.25, -0.2) is 0 Å². The minimum atomic E-state index is -0.0185. The van der Waals surface area contributed by atoms with E-state index in [0.717, 1.165) is 0 Å². The second-order valence-corrected chi connectivity index (χ2v) is 5.40. The van der Waals surface area contributed by atoms with Crippen molar-refractivity contribution in [2.45, 2.75) is 11.8 Å². The Kier molecular flexibility index (Phi) is 5.65. The van der Waals surface area contributed by atoms with Crippen molar-refractivity contribution in [1.82, 2.24) is 15.1 Å². The lowest BCUT2D eigenvalue weighted by atomic mass is 10.3. The van der Waals surface area contributed by atoms with Gasteiger partial charge in [0.05, 0.1) is 12.9 Å². The number of para-hydroxylation sites is 2. The monoisotopic (exact) mass is 323 g/mol. The number of hydrogen-bond acceptors (Lipinski definition) is 7. The first-order chi connectivity index (χ1) is 10.6. The Morgan fingerprint density at radius 3 is 2.68 bits per heavy atom. The molecule has 0 unspecified atom stereocenters. The molecule has 2 rings (SSSR count). The maximum Gasteiger partial charge on any atom is 0.277 e. The fourth-order valence-electron chi connectivity index (χ4n) is 1.48. The summed E-state index contributed by atoms with van der Waals surface area (Å²) in [5.74, 6) is 1.80. The summed E-state index contributed by atoms with van der Waals surface area (Å²) < 4.78 is 16.2. The van der Waals surface area contributed by atoms with Crippen LogP contribution in [0.4, 0.5) is 0 Å². The molecule has 0 aliphatic rings. The van der Waals surface area contributed by atoms with Crippen LogP contribution in [0, 0.1) is 0 Å². The number of methoxy groups -OCH3 is 1. The van der Waals surface area contributed by atoms with E-state index in [1.807, 2.05) is 12.1 Å². The van der Waals surface area contributed by atoms with Gasteiger partial charge in [-0.3, -0.25) is 4.79 Å². The number of rotatable bonds is 7. The molecule has 1 aromatic carbocycles. The summed E-state index contributed by atoms with van der Waals surface area (Å²) in [6.07, 6.45) is 0. The summed E-state index contributed by atoms with van der Waals surface area (Å²) in [5, 5.41) is 8.09. The van der Waals surface area contributed by atoms with Crippen molar-refractivity contribution in [3.8, 4) is 11.5 Å². The third-order valence-electron chi connectivity index (χ3n) is 2.69. The third-order valence-corrected chi connectivity index (χ3v) is 3.49. The zero-order valence-corrected chi connectivity index (χ0v) is 13.4. The lowest BCUT2D eigenvalue weighted by molar-refractivity contribution is -0.125. The van der Waals surface area contributed by atoms with E-state index in [1.54, 1.807) is 33.3 Å². The molecule has 7 nitrogen and oxygen atoms in total. The Hall–Kier alpha value is -2.22. The highest BCUT2D eigenvalue weighted by Crippen LogP contribution is 2.26. The predicted octanol–water partition coefficient (Wildman–Crippen LogP) is 1.84. The van der Waals surface area contributed by atoms with Crippen LogP contribution >= 0.6 is 11.8 Å². The zero-order chi connectivity index (χ0) is 15.9. The van der Waals surface area contributed by atoms with Crippen molar-refractivity contribution in [2.75, 3.05) is 27.0 Å². The Labute approximate surface area is 132 Å². The van der Waals surface area contributed by atoms with Gasteiger partial charge >= 0.3 is 0 Å². The molecule has 1 aromatic heterocycles. The van der Waals surface area contributed by atoms with Crippen LogP contribution in [0.5, 0.6) is 11.5 Å². The van der Waals surface area contributed by atoms with Gasteiger partial charge < -0.3 is 18.8 Å². The van der Waals surface area contributed by atoms with Gasteiger partial charge in [-0.2, -0.15) is 0 Å². The first-order valence-corrected chi connectivity index (χ1v) is 7.50. The van der Waals surface area contributed by atoms with Crippen LogP contribution in [0.2, 0.25) is 0 Å². The number of carbonyl (C=O) groups is 1. The molecule has 0 aliphatic carbocycles. The van der Waals surface area contributed by atoms with Gasteiger partial charge in [-0.05, 0) is 12.1 Å². The number of aromatic nitrogens is 2. The molecule has 0 N–H and O–H groups in total. The number of nitrogens with zero attached hydrogens (tertiary/aromatic N) is 3. The van der Waals surface area contributed by atoms with Gasteiger partial charge in [0.25, 0.3) is 11.1 Å². The number of hydrogen-bond donors (Lipinski definition) is 0.